The van der Waals surface area contributed by atoms with Gasteiger partial charge in [-0.25, -0.2) is 8.42 Å². The molecule has 0 amide bonds. The van der Waals surface area contributed by atoms with Crippen molar-refractivity contribution in [1.82, 2.24) is 10.2 Å². The van der Waals surface area contributed by atoms with Crippen molar-refractivity contribution < 1.29 is 8.42 Å². The highest BCUT2D eigenvalue weighted by molar-refractivity contribution is 7.91. The van der Waals surface area contributed by atoms with E-state index in [9.17, 15) is 8.42 Å². The van der Waals surface area contributed by atoms with Crippen molar-refractivity contribution in [2.24, 2.45) is 0 Å². The normalized spacial score (nSPS) is 34.1. The molecule has 2 rings (SSSR count). The van der Waals surface area contributed by atoms with Crippen molar-refractivity contribution in [2.45, 2.75) is 44.7 Å². The molecular formula is C12H24N2O2S. The third kappa shape index (κ3) is 3.66. The average molecular weight is 260 g/mol. The van der Waals surface area contributed by atoms with E-state index in [1.54, 1.807) is 0 Å². The van der Waals surface area contributed by atoms with Crippen LogP contribution in [0, 0.1) is 0 Å². The maximum absolute atomic E-state index is 11.5. The molecule has 5 heteroatoms. The standard InChI is InChI=1S/C12H24N2O2S/c1-12(2)5-8-14(7-3-6-13-12)11-4-9-17(15,16)10-11/h11,13H,3-10H2,1-2H3. The highest BCUT2D eigenvalue weighted by Gasteiger charge is 2.33. The zero-order chi connectivity index (χ0) is 12.5. The van der Waals surface area contributed by atoms with Crippen molar-refractivity contribution in [1.29, 1.82) is 0 Å². The first kappa shape index (κ1) is 13.3. The Morgan fingerprint density at radius 3 is 2.71 bits per heavy atom. The van der Waals surface area contributed by atoms with Crippen LogP contribution < -0.4 is 5.32 Å². The second kappa shape index (κ2) is 4.86. The molecule has 0 bridgehead atoms. The predicted molar refractivity (Wildman–Crippen MR) is 69.9 cm³/mol. The Morgan fingerprint density at radius 2 is 2.06 bits per heavy atom. The number of rotatable bonds is 1. The van der Waals surface area contributed by atoms with E-state index < -0.39 is 9.84 Å². The molecule has 0 aromatic heterocycles. The molecule has 0 spiro atoms. The number of sulfone groups is 1. The van der Waals surface area contributed by atoms with Crippen LogP contribution in [0.5, 0.6) is 0 Å². The molecule has 2 heterocycles. The minimum atomic E-state index is -2.75. The molecule has 0 saturated carbocycles. The molecule has 0 aromatic carbocycles. The minimum absolute atomic E-state index is 0.177. The fourth-order valence-corrected chi connectivity index (χ4v) is 4.52. The summed E-state index contributed by atoms with van der Waals surface area (Å²) in [6.07, 6.45) is 3.03. The number of nitrogens with one attached hydrogen (secondary N) is 1. The largest absolute Gasteiger partial charge is 0.312 e. The summed E-state index contributed by atoms with van der Waals surface area (Å²) in [5.41, 5.74) is 0.177. The second-order valence-corrected chi connectivity index (χ2v) is 8.24. The second-order valence-electron chi connectivity index (χ2n) is 6.01. The summed E-state index contributed by atoms with van der Waals surface area (Å²) in [7, 11) is -2.75. The molecule has 100 valence electrons. The Hall–Kier alpha value is -0.130. The van der Waals surface area contributed by atoms with Crippen LogP contribution >= 0.6 is 0 Å². The van der Waals surface area contributed by atoms with E-state index in [1.807, 2.05) is 0 Å². The summed E-state index contributed by atoms with van der Waals surface area (Å²) >= 11 is 0. The van der Waals surface area contributed by atoms with Gasteiger partial charge in [0.2, 0.25) is 0 Å². The van der Waals surface area contributed by atoms with Crippen molar-refractivity contribution in [2.75, 3.05) is 31.1 Å². The number of hydrogen-bond donors (Lipinski definition) is 1. The Labute approximate surface area is 105 Å². The van der Waals surface area contributed by atoms with Crippen LogP contribution in [0.1, 0.15) is 33.1 Å². The van der Waals surface area contributed by atoms with Gasteiger partial charge in [0.1, 0.15) is 0 Å². The van der Waals surface area contributed by atoms with Crippen LogP contribution in [0.3, 0.4) is 0 Å². The van der Waals surface area contributed by atoms with E-state index in [0.717, 1.165) is 38.9 Å². The highest BCUT2D eigenvalue weighted by Crippen LogP contribution is 2.21. The summed E-state index contributed by atoms with van der Waals surface area (Å²) < 4.78 is 23.1. The molecule has 1 N–H and O–H groups in total. The topological polar surface area (TPSA) is 49.4 Å². The summed E-state index contributed by atoms with van der Waals surface area (Å²) in [6, 6.07) is 0.272. The van der Waals surface area contributed by atoms with Gasteiger partial charge in [-0.2, -0.15) is 0 Å². The van der Waals surface area contributed by atoms with Gasteiger partial charge in [-0.1, -0.05) is 0 Å². The van der Waals surface area contributed by atoms with Gasteiger partial charge in [0, 0.05) is 18.1 Å². The molecule has 0 radical (unpaired) electrons. The average Bonchev–Trinajstić information content (AvgIpc) is 2.54. The lowest BCUT2D eigenvalue weighted by atomic mass is 9.98. The molecule has 2 aliphatic heterocycles. The Morgan fingerprint density at radius 1 is 1.29 bits per heavy atom. The quantitative estimate of drug-likeness (QED) is 0.751. The van der Waals surface area contributed by atoms with Gasteiger partial charge in [0.15, 0.2) is 9.84 Å². The number of nitrogens with zero attached hydrogens (tertiary/aromatic N) is 1. The van der Waals surface area contributed by atoms with Gasteiger partial charge in [0.25, 0.3) is 0 Å². The molecule has 2 aliphatic rings. The van der Waals surface area contributed by atoms with Crippen LogP contribution in [0.4, 0.5) is 0 Å². The fourth-order valence-electron chi connectivity index (χ4n) is 2.76. The van der Waals surface area contributed by atoms with E-state index in [0.29, 0.717) is 11.5 Å². The van der Waals surface area contributed by atoms with Crippen molar-refractivity contribution >= 4 is 9.84 Å². The van der Waals surface area contributed by atoms with Crippen LogP contribution in [-0.4, -0.2) is 56.0 Å². The minimum Gasteiger partial charge on any atom is -0.312 e. The lowest BCUT2D eigenvalue weighted by Crippen LogP contribution is -2.48. The lowest BCUT2D eigenvalue weighted by molar-refractivity contribution is 0.165. The predicted octanol–water partition coefficient (Wildman–Crippen LogP) is 0.638. The molecule has 0 aliphatic carbocycles. The van der Waals surface area contributed by atoms with Crippen LogP contribution in [0.15, 0.2) is 0 Å². The lowest BCUT2D eigenvalue weighted by Gasteiger charge is -2.36. The van der Waals surface area contributed by atoms with Gasteiger partial charge in [0.05, 0.1) is 11.5 Å². The van der Waals surface area contributed by atoms with E-state index >= 15 is 0 Å². The third-order valence-electron chi connectivity index (χ3n) is 3.97. The van der Waals surface area contributed by atoms with Gasteiger partial charge in [-0.15, -0.1) is 0 Å². The van der Waals surface area contributed by atoms with Gasteiger partial charge in [-0.05, 0) is 46.2 Å². The molecule has 2 fully saturated rings. The Kier molecular flexibility index (Phi) is 3.80. The molecule has 4 nitrogen and oxygen atoms in total. The maximum Gasteiger partial charge on any atom is 0.151 e. The summed E-state index contributed by atoms with van der Waals surface area (Å²) in [6.45, 7) is 7.52. The first-order valence-electron chi connectivity index (χ1n) is 6.57. The smallest absolute Gasteiger partial charge is 0.151 e. The highest BCUT2D eigenvalue weighted by atomic mass is 32.2. The summed E-state index contributed by atoms with van der Waals surface area (Å²) in [5, 5.41) is 3.54. The maximum atomic E-state index is 11.5. The Bertz CT molecular complexity index is 365. The molecule has 0 aromatic rings. The zero-order valence-electron chi connectivity index (χ0n) is 10.9. The summed E-state index contributed by atoms with van der Waals surface area (Å²) in [5.74, 6) is 0.761. The molecule has 2 saturated heterocycles. The zero-order valence-corrected chi connectivity index (χ0v) is 11.7. The van der Waals surface area contributed by atoms with E-state index in [2.05, 4.69) is 24.1 Å². The van der Waals surface area contributed by atoms with Crippen LogP contribution in [0.2, 0.25) is 0 Å². The van der Waals surface area contributed by atoms with Gasteiger partial charge >= 0.3 is 0 Å². The van der Waals surface area contributed by atoms with E-state index in [-0.39, 0.29) is 11.6 Å². The number of hydrogen-bond acceptors (Lipinski definition) is 4. The van der Waals surface area contributed by atoms with E-state index in [4.69, 9.17) is 0 Å². The fraction of sp³-hybridized carbons (Fsp3) is 1.00. The SMILES string of the molecule is CC1(C)CCN(C2CCS(=O)(=O)C2)CCCN1. The van der Waals surface area contributed by atoms with Crippen LogP contribution in [-0.2, 0) is 9.84 Å². The third-order valence-corrected chi connectivity index (χ3v) is 5.72. The first-order valence-corrected chi connectivity index (χ1v) is 8.40. The van der Waals surface area contributed by atoms with Crippen LogP contribution in [0.25, 0.3) is 0 Å². The molecular weight excluding hydrogens is 236 g/mol. The Balaban J connectivity index is 1.96. The monoisotopic (exact) mass is 260 g/mol. The van der Waals surface area contributed by atoms with E-state index in [1.165, 1.54) is 0 Å². The van der Waals surface area contributed by atoms with Gasteiger partial charge < -0.3 is 5.32 Å². The summed E-state index contributed by atoms with van der Waals surface area (Å²) in [4.78, 5) is 2.40. The first-order chi connectivity index (χ1) is 7.88. The van der Waals surface area contributed by atoms with Gasteiger partial charge in [-0.3, -0.25) is 4.90 Å². The molecule has 1 unspecified atom stereocenters. The van der Waals surface area contributed by atoms with Crippen molar-refractivity contribution in [3.63, 3.8) is 0 Å². The van der Waals surface area contributed by atoms with Crippen molar-refractivity contribution in [3.05, 3.63) is 0 Å². The van der Waals surface area contributed by atoms with Crippen molar-refractivity contribution in [3.8, 4) is 0 Å². The molecule has 1 atom stereocenters. The molecule has 17 heavy (non-hydrogen) atoms.